The highest BCUT2D eigenvalue weighted by molar-refractivity contribution is 5.00. The van der Waals surface area contributed by atoms with E-state index in [0.29, 0.717) is 6.61 Å². The topological polar surface area (TPSA) is 50.7 Å². The minimum Gasteiger partial charge on any atom is -0.389 e. The van der Waals surface area contributed by atoms with Crippen molar-refractivity contribution in [3.05, 3.63) is 0 Å². The van der Waals surface area contributed by atoms with E-state index in [0.717, 1.165) is 6.54 Å². The fraction of sp³-hybridized carbons (Fsp3) is 1.00. The monoisotopic (exact) mass is 159 g/mol. The van der Waals surface area contributed by atoms with Gasteiger partial charge in [-0.25, -0.2) is 0 Å². The number of nitrogens with one attached hydrogen (secondary N) is 1. The highest BCUT2D eigenvalue weighted by Crippen LogP contribution is 2.23. The summed E-state index contributed by atoms with van der Waals surface area (Å²) in [6.45, 7) is 1.21. The maximum Gasteiger partial charge on any atom is 0.103 e. The van der Waals surface area contributed by atoms with Crippen LogP contribution < -0.4 is 5.32 Å². The Kier molecular flexibility index (Phi) is 1.85. The summed E-state index contributed by atoms with van der Waals surface area (Å²) >= 11 is 0. The fourth-order valence-electron chi connectivity index (χ4n) is 1.81. The second-order valence-electron chi connectivity index (χ2n) is 3.07. The predicted octanol–water partition coefficient (Wildman–Crippen LogP) is -1.27. The summed E-state index contributed by atoms with van der Waals surface area (Å²) in [4.78, 5) is 0. The maximum absolute atomic E-state index is 9.37. The molecule has 0 aromatic carbocycles. The van der Waals surface area contributed by atoms with E-state index in [9.17, 15) is 5.11 Å². The zero-order chi connectivity index (χ0) is 7.84. The van der Waals surface area contributed by atoms with Crippen LogP contribution in [0, 0.1) is 0 Å². The average molecular weight is 159 g/mol. The van der Waals surface area contributed by atoms with E-state index in [4.69, 9.17) is 9.47 Å². The first-order chi connectivity index (χ1) is 5.33. The summed E-state index contributed by atoms with van der Waals surface area (Å²) in [5, 5.41) is 12.5. The van der Waals surface area contributed by atoms with Gasteiger partial charge in [0.05, 0.1) is 24.9 Å². The molecule has 0 bridgehead atoms. The highest BCUT2D eigenvalue weighted by Gasteiger charge is 2.45. The van der Waals surface area contributed by atoms with E-state index in [1.807, 2.05) is 0 Å². The highest BCUT2D eigenvalue weighted by atomic mass is 16.6. The molecule has 2 heterocycles. The van der Waals surface area contributed by atoms with Gasteiger partial charge in [-0.2, -0.15) is 0 Å². The third-order valence-electron chi connectivity index (χ3n) is 2.45. The fourth-order valence-corrected chi connectivity index (χ4v) is 1.81. The molecule has 4 nitrogen and oxygen atoms in total. The molecular formula is C7H13NO3. The second-order valence-corrected chi connectivity index (χ2v) is 3.07. The van der Waals surface area contributed by atoms with Crippen LogP contribution in [0.4, 0.5) is 0 Å². The average Bonchev–Trinajstić information content (AvgIpc) is 2.53. The molecule has 64 valence electrons. The van der Waals surface area contributed by atoms with Crippen molar-refractivity contribution in [2.45, 2.75) is 24.4 Å². The molecule has 0 aliphatic carbocycles. The van der Waals surface area contributed by atoms with Crippen molar-refractivity contribution >= 4 is 0 Å². The Balaban J connectivity index is 2.04. The Morgan fingerprint density at radius 3 is 3.18 bits per heavy atom. The Hall–Kier alpha value is -0.160. The molecule has 4 heteroatoms. The van der Waals surface area contributed by atoms with Crippen molar-refractivity contribution in [1.29, 1.82) is 0 Å². The van der Waals surface area contributed by atoms with Gasteiger partial charge in [-0.15, -0.1) is 0 Å². The number of methoxy groups -OCH3 is 1. The van der Waals surface area contributed by atoms with E-state index in [2.05, 4.69) is 5.32 Å². The maximum atomic E-state index is 9.37. The number of hydrogen-bond acceptors (Lipinski definition) is 4. The van der Waals surface area contributed by atoms with Crippen molar-refractivity contribution in [2.24, 2.45) is 0 Å². The Bertz CT molecular complexity index is 153. The molecule has 2 aliphatic heterocycles. The van der Waals surface area contributed by atoms with Crippen molar-refractivity contribution in [3.8, 4) is 0 Å². The lowest BCUT2D eigenvalue weighted by Gasteiger charge is -2.14. The van der Waals surface area contributed by atoms with Gasteiger partial charge in [-0.05, 0) is 0 Å². The third-order valence-corrected chi connectivity index (χ3v) is 2.45. The zero-order valence-electron chi connectivity index (χ0n) is 6.49. The molecule has 0 radical (unpaired) electrons. The molecule has 0 aromatic rings. The Morgan fingerprint density at radius 2 is 2.45 bits per heavy atom. The van der Waals surface area contributed by atoms with Gasteiger partial charge in [-0.1, -0.05) is 0 Å². The second kappa shape index (κ2) is 2.71. The van der Waals surface area contributed by atoms with Crippen molar-refractivity contribution in [3.63, 3.8) is 0 Å². The summed E-state index contributed by atoms with van der Waals surface area (Å²) in [5.74, 6) is 0. The molecule has 0 saturated carbocycles. The predicted molar refractivity (Wildman–Crippen MR) is 38.3 cm³/mol. The number of ether oxygens (including phenoxy) is 2. The summed E-state index contributed by atoms with van der Waals surface area (Å²) < 4.78 is 10.5. The summed E-state index contributed by atoms with van der Waals surface area (Å²) in [7, 11) is 1.67. The van der Waals surface area contributed by atoms with Crippen LogP contribution in [-0.4, -0.2) is 49.7 Å². The Labute approximate surface area is 65.5 Å². The minimum atomic E-state index is -0.361. The van der Waals surface area contributed by atoms with Gasteiger partial charge in [0.1, 0.15) is 6.10 Å². The van der Waals surface area contributed by atoms with E-state index in [1.165, 1.54) is 0 Å². The first-order valence-electron chi connectivity index (χ1n) is 3.89. The van der Waals surface area contributed by atoms with Crippen LogP contribution in [-0.2, 0) is 9.47 Å². The van der Waals surface area contributed by atoms with Crippen molar-refractivity contribution in [2.75, 3.05) is 20.3 Å². The van der Waals surface area contributed by atoms with Gasteiger partial charge in [0.25, 0.3) is 0 Å². The summed E-state index contributed by atoms with van der Waals surface area (Å²) in [6, 6.07) is 0.0833. The minimum absolute atomic E-state index is 0.0509. The molecule has 0 aromatic heterocycles. The molecule has 2 fully saturated rings. The molecule has 0 amide bonds. The number of hydrogen-bond donors (Lipinski definition) is 2. The SMILES string of the molecule is CO[C@@H]1CN[C@@H]2[C@@H]1OC[C@@H]2O. The van der Waals surface area contributed by atoms with Crippen molar-refractivity contribution < 1.29 is 14.6 Å². The lowest BCUT2D eigenvalue weighted by atomic mass is 10.1. The van der Waals surface area contributed by atoms with Crippen LogP contribution >= 0.6 is 0 Å². The van der Waals surface area contributed by atoms with Crippen LogP contribution in [0.25, 0.3) is 0 Å². The van der Waals surface area contributed by atoms with E-state index in [-0.39, 0.29) is 24.4 Å². The van der Waals surface area contributed by atoms with Gasteiger partial charge in [-0.3, -0.25) is 0 Å². The van der Waals surface area contributed by atoms with Gasteiger partial charge in [0.15, 0.2) is 0 Å². The first-order valence-corrected chi connectivity index (χ1v) is 3.89. The number of fused-ring (bicyclic) bond motifs is 1. The lowest BCUT2D eigenvalue weighted by molar-refractivity contribution is -0.00967. The zero-order valence-corrected chi connectivity index (χ0v) is 6.49. The molecular weight excluding hydrogens is 146 g/mol. The molecule has 4 atom stereocenters. The summed E-state index contributed by atoms with van der Waals surface area (Å²) in [6.07, 6.45) is -0.202. The van der Waals surface area contributed by atoms with Crippen LogP contribution in [0.1, 0.15) is 0 Å². The quantitative estimate of drug-likeness (QED) is 0.501. The molecule has 2 aliphatic rings. The van der Waals surface area contributed by atoms with Crippen LogP contribution in [0.5, 0.6) is 0 Å². The van der Waals surface area contributed by atoms with Gasteiger partial charge >= 0.3 is 0 Å². The molecule has 2 N–H and O–H groups in total. The van der Waals surface area contributed by atoms with E-state index < -0.39 is 0 Å². The molecule has 0 spiro atoms. The first kappa shape index (κ1) is 7.49. The largest absolute Gasteiger partial charge is 0.389 e. The molecule has 0 unspecified atom stereocenters. The van der Waals surface area contributed by atoms with Crippen LogP contribution in [0.3, 0.4) is 0 Å². The standard InChI is InChI=1S/C7H13NO3/c1-10-5-2-8-6-4(9)3-11-7(5)6/h4-9H,2-3H2,1H3/t4-,5+,6-,7+/m0/s1. The summed E-state index contributed by atoms with van der Waals surface area (Å²) in [5.41, 5.74) is 0. The van der Waals surface area contributed by atoms with E-state index in [1.54, 1.807) is 7.11 Å². The lowest BCUT2D eigenvalue weighted by Crippen LogP contribution is -2.37. The molecule has 11 heavy (non-hydrogen) atoms. The van der Waals surface area contributed by atoms with Gasteiger partial charge in [0, 0.05) is 13.7 Å². The molecule has 2 rings (SSSR count). The molecule has 2 saturated heterocycles. The number of rotatable bonds is 1. The number of aliphatic hydroxyl groups is 1. The van der Waals surface area contributed by atoms with Crippen LogP contribution in [0.2, 0.25) is 0 Å². The van der Waals surface area contributed by atoms with Gasteiger partial charge < -0.3 is 19.9 Å². The van der Waals surface area contributed by atoms with E-state index >= 15 is 0 Å². The number of aliphatic hydroxyl groups excluding tert-OH is 1. The normalized spacial score (nSPS) is 49.6. The van der Waals surface area contributed by atoms with Gasteiger partial charge in [0.2, 0.25) is 0 Å². The van der Waals surface area contributed by atoms with Crippen LogP contribution in [0.15, 0.2) is 0 Å². The smallest absolute Gasteiger partial charge is 0.103 e. The Morgan fingerprint density at radius 1 is 1.64 bits per heavy atom. The third kappa shape index (κ3) is 1.06. The van der Waals surface area contributed by atoms with Crippen molar-refractivity contribution in [1.82, 2.24) is 5.32 Å².